The number of fused-ring (bicyclic) bond motifs is 3. The molecule has 4 nitrogen and oxygen atoms in total. The largest absolute Gasteiger partial charge is 0.436 e. The Hall–Kier alpha value is -3.18. The van der Waals surface area contributed by atoms with Crippen molar-refractivity contribution in [3.05, 3.63) is 66.2 Å². The van der Waals surface area contributed by atoms with E-state index in [0.29, 0.717) is 5.89 Å². The molecule has 0 unspecified atom stereocenters. The minimum absolute atomic E-state index is 0.659. The first-order chi connectivity index (χ1) is 13.8. The van der Waals surface area contributed by atoms with Gasteiger partial charge in [0.25, 0.3) is 0 Å². The van der Waals surface area contributed by atoms with Crippen molar-refractivity contribution < 1.29 is 4.42 Å². The smallest absolute Gasteiger partial charge is 0.227 e. The normalized spacial score (nSPS) is 13.6. The first-order valence-corrected chi connectivity index (χ1v) is 10.3. The van der Waals surface area contributed by atoms with Crippen LogP contribution in [0.3, 0.4) is 0 Å². The maximum atomic E-state index is 6.12. The molecule has 0 atom stereocenters. The van der Waals surface area contributed by atoms with Gasteiger partial charge in [0, 0.05) is 23.4 Å². The molecule has 6 rings (SSSR count). The summed E-state index contributed by atoms with van der Waals surface area (Å²) in [7, 11) is 0. The molecule has 0 spiro atoms. The zero-order chi connectivity index (χ0) is 18.5. The first-order valence-electron chi connectivity index (χ1n) is 9.47. The van der Waals surface area contributed by atoms with Crippen LogP contribution in [0.4, 0.5) is 5.69 Å². The second-order valence-electron chi connectivity index (χ2n) is 7.09. The summed E-state index contributed by atoms with van der Waals surface area (Å²) in [5, 5.41) is 4.47. The highest BCUT2D eigenvalue weighted by molar-refractivity contribution is 7.21. The Morgan fingerprint density at radius 3 is 2.79 bits per heavy atom. The summed E-state index contributed by atoms with van der Waals surface area (Å²) in [6.07, 6.45) is 2.31. The fourth-order valence-electron chi connectivity index (χ4n) is 3.77. The summed E-state index contributed by atoms with van der Waals surface area (Å²) in [6.45, 7) is 1.02. The van der Waals surface area contributed by atoms with Gasteiger partial charge in [-0.05, 0) is 60.9 Å². The molecule has 0 bridgehead atoms. The Balaban J connectivity index is 1.41. The van der Waals surface area contributed by atoms with Gasteiger partial charge in [0.15, 0.2) is 5.58 Å². The van der Waals surface area contributed by atoms with Gasteiger partial charge in [0.1, 0.15) is 10.5 Å². The Morgan fingerprint density at radius 2 is 1.82 bits per heavy atom. The molecule has 2 aromatic heterocycles. The molecule has 0 aliphatic carbocycles. The molecule has 1 N–H and O–H groups in total. The van der Waals surface area contributed by atoms with Crippen LogP contribution >= 0.6 is 11.3 Å². The van der Waals surface area contributed by atoms with Crippen LogP contribution < -0.4 is 5.32 Å². The third-order valence-corrected chi connectivity index (χ3v) is 6.31. The predicted octanol–water partition coefficient (Wildman–Crippen LogP) is 6.13. The van der Waals surface area contributed by atoms with E-state index >= 15 is 0 Å². The van der Waals surface area contributed by atoms with Gasteiger partial charge in [-0.15, -0.1) is 11.3 Å². The van der Waals surface area contributed by atoms with Gasteiger partial charge in [0.05, 0.1) is 10.2 Å². The summed E-state index contributed by atoms with van der Waals surface area (Å²) >= 11 is 1.70. The number of thiazole rings is 1. The number of nitrogens with one attached hydrogen (secondary N) is 1. The van der Waals surface area contributed by atoms with Gasteiger partial charge in [0.2, 0.25) is 5.89 Å². The molecule has 0 fully saturated rings. The van der Waals surface area contributed by atoms with Crippen LogP contribution in [0.15, 0.2) is 65.1 Å². The zero-order valence-electron chi connectivity index (χ0n) is 15.1. The van der Waals surface area contributed by atoms with Crippen molar-refractivity contribution in [2.45, 2.75) is 12.8 Å². The highest BCUT2D eigenvalue weighted by Crippen LogP contribution is 2.34. The van der Waals surface area contributed by atoms with Crippen LogP contribution in [-0.4, -0.2) is 16.5 Å². The van der Waals surface area contributed by atoms with Gasteiger partial charge in [-0.3, -0.25) is 0 Å². The van der Waals surface area contributed by atoms with E-state index < -0.39 is 0 Å². The molecule has 0 saturated heterocycles. The molecule has 3 aromatic carbocycles. The van der Waals surface area contributed by atoms with Gasteiger partial charge in [-0.1, -0.05) is 18.2 Å². The van der Waals surface area contributed by atoms with Crippen LogP contribution in [0.25, 0.3) is 43.3 Å². The quantitative estimate of drug-likeness (QED) is 0.398. The third-order valence-electron chi connectivity index (χ3n) is 5.22. The van der Waals surface area contributed by atoms with E-state index in [2.05, 4.69) is 35.6 Å². The van der Waals surface area contributed by atoms with Crippen LogP contribution in [0.1, 0.15) is 12.0 Å². The van der Waals surface area contributed by atoms with Crippen molar-refractivity contribution in [3.8, 4) is 22.0 Å². The molecule has 136 valence electrons. The van der Waals surface area contributed by atoms with Crippen molar-refractivity contribution in [1.29, 1.82) is 0 Å². The fraction of sp³-hybridized carbons (Fsp3) is 0.130. The summed E-state index contributed by atoms with van der Waals surface area (Å²) in [5.41, 5.74) is 7.31. The van der Waals surface area contributed by atoms with Gasteiger partial charge < -0.3 is 9.73 Å². The van der Waals surface area contributed by atoms with E-state index in [-0.39, 0.29) is 0 Å². The number of para-hydroxylation sites is 1. The Kier molecular flexibility index (Phi) is 3.49. The maximum absolute atomic E-state index is 6.12. The van der Waals surface area contributed by atoms with E-state index in [1.165, 1.54) is 22.4 Å². The van der Waals surface area contributed by atoms with Gasteiger partial charge in [-0.25, -0.2) is 9.97 Å². The van der Waals surface area contributed by atoms with Gasteiger partial charge in [-0.2, -0.15) is 0 Å². The maximum Gasteiger partial charge on any atom is 0.227 e. The third kappa shape index (κ3) is 2.59. The van der Waals surface area contributed by atoms with E-state index in [4.69, 9.17) is 14.4 Å². The number of aryl methyl sites for hydroxylation is 1. The molecule has 0 saturated carbocycles. The lowest BCUT2D eigenvalue weighted by molar-refractivity contribution is 0.620. The van der Waals surface area contributed by atoms with Crippen LogP contribution in [0, 0.1) is 0 Å². The monoisotopic (exact) mass is 383 g/mol. The molecule has 0 amide bonds. The minimum atomic E-state index is 0.659. The number of benzene rings is 3. The first kappa shape index (κ1) is 15.8. The fourth-order valence-corrected chi connectivity index (χ4v) is 4.73. The SMILES string of the molecule is c1ccc2sc(-c3ccc4nc(-c5ccc6c(c5)NCCC6)oc4c3)nc2c1. The van der Waals surface area contributed by atoms with Crippen LogP contribution in [-0.2, 0) is 6.42 Å². The molecule has 28 heavy (non-hydrogen) atoms. The van der Waals surface area contributed by atoms with Gasteiger partial charge >= 0.3 is 0 Å². The van der Waals surface area contributed by atoms with Crippen molar-refractivity contribution in [1.82, 2.24) is 9.97 Å². The topological polar surface area (TPSA) is 51.0 Å². The lowest BCUT2D eigenvalue weighted by atomic mass is 10.0. The Bertz CT molecular complexity index is 1300. The van der Waals surface area contributed by atoms with Crippen molar-refractivity contribution >= 4 is 38.3 Å². The van der Waals surface area contributed by atoms with E-state index in [0.717, 1.165) is 45.7 Å². The number of oxazole rings is 1. The molecule has 1 aliphatic rings. The zero-order valence-corrected chi connectivity index (χ0v) is 15.9. The number of aromatic nitrogens is 2. The highest BCUT2D eigenvalue weighted by Gasteiger charge is 2.14. The van der Waals surface area contributed by atoms with Crippen molar-refractivity contribution in [3.63, 3.8) is 0 Å². The predicted molar refractivity (Wildman–Crippen MR) is 115 cm³/mol. The number of hydrogen-bond acceptors (Lipinski definition) is 5. The Morgan fingerprint density at radius 1 is 0.893 bits per heavy atom. The molecule has 1 aliphatic heterocycles. The average molecular weight is 383 g/mol. The second kappa shape index (κ2) is 6.17. The molecule has 3 heterocycles. The van der Waals surface area contributed by atoms with E-state index in [9.17, 15) is 0 Å². The van der Waals surface area contributed by atoms with E-state index in [1.54, 1.807) is 11.3 Å². The van der Waals surface area contributed by atoms with Crippen molar-refractivity contribution in [2.75, 3.05) is 11.9 Å². The van der Waals surface area contributed by atoms with Crippen LogP contribution in [0.5, 0.6) is 0 Å². The summed E-state index contributed by atoms with van der Waals surface area (Å²) in [5.74, 6) is 0.659. The minimum Gasteiger partial charge on any atom is -0.436 e. The Labute approximate surface area is 165 Å². The summed E-state index contributed by atoms with van der Waals surface area (Å²) in [6, 6.07) is 20.8. The molecule has 5 heteroatoms. The molecule has 0 radical (unpaired) electrons. The number of anilines is 1. The molecular weight excluding hydrogens is 366 g/mol. The number of hydrogen-bond donors (Lipinski definition) is 1. The molecular formula is C23H17N3OS. The summed E-state index contributed by atoms with van der Waals surface area (Å²) in [4.78, 5) is 9.45. The number of rotatable bonds is 2. The summed E-state index contributed by atoms with van der Waals surface area (Å²) < 4.78 is 7.31. The van der Waals surface area contributed by atoms with Crippen LogP contribution in [0.2, 0.25) is 0 Å². The lowest BCUT2D eigenvalue weighted by Gasteiger charge is -2.18. The molecule has 5 aromatic rings. The van der Waals surface area contributed by atoms with Crippen molar-refractivity contribution in [2.24, 2.45) is 0 Å². The number of nitrogens with zero attached hydrogens (tertiary/aromatic N) is 2. The van der Waals surface area contributed by atoms with E-state index in [1.807, 2.05) is 30.3 Å². The second-order valence-corrected chi connectivity index (χ2v) is 8.12. The highest BCUT2D eigenvalue weighted by atomic mass is 32.1. The standard InChI is InChI=1S/C23H17N3OS/c1-2-6-21-18(5-1)26-23(28-21)16-9-10-17-20(13-16)27-22(25-17)15-8-7-14-4-3-11-24-19(14)12-15/h1-2,5-10,12-13,24H,3-4,11H2. The lowest BCUT2D eigenvalue weighted by Crippen LogP contribution is -2.11. The average Bonchev–Trinajstić information content (AvgIpc) is 3.37.